The first-order valence-corrected chi connectivity index (χ1v) is 11.5. The summed E-state index contributed by atoms with van der Waals surface area (Å²) in [7, 11) is -3.72. The number of anilines is 1. The zero-order valence-electron chi connectivity index (χ0n) is 16.2. The van der Waals surface area contributed by atoms with Gasteiger partial charge in [0.2, 0.25) is 9.84 Å². The van der Waals surface area contributed by atoms with Crippen molar-refractivity contribution in [3.63, 3.8) is 0 Å². The van der Waals surface area contributed by atoms with Crippen LogP contribution < -0.4 is 5.32 Å². The van der Waals surface area contributed by atoms with E-state index in [-0.39, 0.29) is 15.9 Å². The van der Waals surface area contributed by atoms with Crippen LogP contribution in [0.5, 0.6) is 0 Å². The fourth-order valence-electron chi connectivity index (χ4n) is 4.07. The number of sulfone groups is 1. The second kappa shape index (κ2) is 6.65. The molecule has 7 heteroatoms. The molecule has 1 spiro atoms. The lowest BCUT2D eigenvalue weighted by molar-refractivity contribution is -0.281. The van der Waals surface area contributed by atoms with Crippen molar-refractivity contribution < 1.29 is 22.7 Å². The fourth-order valence-corrected chi connectivity index (χ4v) is 5.35. The summed E-state index contributed by atoms with van der Waals surface area (Å²) in [6.45, 7) is 2.31. The molecular weight excluding hydrogens is 390 g/mol. The number of carbonyl (C=O) groups excluding carboxylic acids is 1. The minimum Gasteiger partial charge on any atom is -0.338 e. The predicted molar refractivity (Wildman–Crippen MR) is 106 cm³/mol. The SMILES string of the molecule is Cc1ccc(S(=O)(=O)c2ccc3c(c2)[C@]2(OCCC(CC4CC4)O2)C(=O)N3)cc1. The van der Waals surface area contributed by atoms with Gasteiger partial charge in [-0.3, -0.25) is 4.79 Å². The molecule has 29 heavy (non-hydrogen) atoms. The summed E-state index contributed by atoms with van der Waals surface area (Å²) in [5.41, 5.74) is 1.96. The number of aryl methyl sites for hydroxylation is 1. The third kappa shape index (κ3) is 3.17. The highest BCUT2D eigenvalue weighted by Crippen LogP contribution is 2.46. The van der Waals surface area contributed by atoms with E-state index in [1.165, 1.54) is 25.0 Å². The van der Waals surface area contributed by atoms with Crippen molar-refractivity contribution in [1.82, 2.24) is 0 Å². The molecule has 2 aromatic rings. The van der Waals surface area contributed by atoms with E-state index < -0.39 is 21.5 Å². The van der Waals surface area contributed by atoms with Gasteiger partial charge in [-0.1, -0.05) is 30.5 Å². The van der Waals surface area contributed by atoms with Gasteiger partial charge in [-0.15, -0.1) is 0 Å². The summed E-state index contributed by atoms with van der Waals surface area (Å²) in [6, 6.07) is 11.4. The summed E-state index contributed by atoms with van der Waals surface area (Å²) in [6.07, 6.45) is 3.99. The van der Waals surface area contributed by atoms with Gasteiger partial charge in [0.1, 0.15) is 0 Å². The van der Waals surface area contributed by atoms with Gasteiger partial charge < -0.3 is 14.8 Å². The molecule has 1 aliphatic carbocycles. The molecule has 1 unspecified atom stereocenters. The molecular formula is C22H23NO5S. The number of hydrogen-bond acceptors (Lipinski definition) is 5. The molecule has 2 fully saturated rings. The van der Waals surface area contributed by atoms with Crippen molar-refractivity contribution >= 4 is 21.4 Å². The number of rotatable bonds is 4. The summed E-state index contributed by atoms with van der Waals surface area (Å²) in [4.78, 5) is 13.1. The Hall–Kier alpha value is -2.22. The van der Waals surface area contributed by atoms with Crippen LogP contribution in [-0.2, 0) is 29.9 Å². The molecule has 152 valence electrons. The molecule has 0 aromatic heterocycles. The van der Waals surface area contributed by atoms with E-state index in [1.54, 1.807) is 30.3 Å². The largest absolute Gasteiger partial charge is 0.338 e. The van der Waals surface area contributed by atoms with E-state index in [0.717, 1.165) is 18.4 Å². The van der Waals surface area contributed by atoms with Crippen LogP contribution in [0.4, 0.5) is 5.69 Å². The Kier molecular flexibility index (Phi) is 4.31. The molecule has 2 atom stereocenters. The number of nitrogens with one attached hydrogen (secondary N) is 1. The molecule has 3 aliphatic rings. The zero-order valence-corrected chi connectivity index (χ0v) is 17.0. The topological polar surface area (TPSA) is 81.7 Å². The minimum atomic E-state index is -3.72. The molecule has 0 bridgehead atoms. The number of ether oxygens (including phenoxy) is 2. The lowest BCUT2D eigenvalue weighted by Crippen LogP contribution is -2.47. The smallest absolute Gasteiger partial charge is 0.289 e. The molecule has 6 nitrogen and oxygen atoms in total. The van der Waals surface area contributed by atoms with Crippen molar-refractivity contribution in [2.45, 2.75) is 54.3 Å². The van der Waals surface area contributed by atoms with Crippen LogP contribution in [0.1, 0.15) is 36.8 Å². The van der Waals surface area contributed by atoms with Crippen LogP contribution in [0.2, 0.25) is 0 Å². The van der Waals surface area contributed by atoms with E-state index in [4.69, 9.17) is 9.47 Å². The lowest BCUT2D eigenvalue weighted by atomic mass is 10.0. The van der Waals surface area contributed by atoms with Gasteiger partial charge in [0.25, 0.3) is 11.7 Å². The quantitative estimate of drug-likeness (QED) is 0.829. The molecule has 1 saturated heterocycles. The Morgan fingerprint density at radius 2 is 1.79 bits per heavy atom. The van der Waals surface area contributed by atoms with Gasteiger partial charge in [0, 0.05) is 5.56 Å². The van der Waals surface area contributed by atoms with Gasteiger partial charge in [0.15, 0.2) is 0 Å². The second-order valence-corrected chi connectivity index (χ2v) is 10.1. The van der Waals surface area contributed by atoms with Gasteiger partial charge in [0.05, 0.1) is 28.2 Å². The molecule has 1 N–H and O–H groups in total. The van der Waals surface area contributed by atoms with Crippen molar-refractivity contribution in [3.8, 4) is 0 Å². The maximum atomic E-state index is 13.1. The number of hydrogen-bond donors (Lipinski definition) is 1. The average molecular weight is 413 g/mol. The van der Waals surface area contributed by atoms with Crippen LogP contribution in [-0.4, -0.2) is 27.0 Å². The highest BCUT2D eigenvalue weighted by Gasteiger charge is 2.53. The Morgan fingerprint density at radius 1 is 1.07 bits per heavy atom. The van der Waals surface area contributed by atoms with Crippen LogP contribution >= 0.6 is 0 Å². The van der Waals surface area contributed by atoms with Gasteiger partial charge in [-0.05, 0) is 56.0 Å². The van der Waals surface area contributed by atoms with Gasteiger partial charge in [-0.25, -0.2) is 8.42 Å². The Bertz CT molecular complexity index is 1070. The predicted octanol–water partition coefficient (Wildman–Crippen LogP) is 3.54. The van der Waals surface area contributed by atoms with Gasteiger partial charge >= 0.3 is 0 Å². The number of fused-ring (bicyclic) bond motifs is 2. The molecule has 5 rings (SSSR count). The number of carbonyl (C=O) groups is 1. The molecule has 0 radical (unpaired) electrons. The van der Waals surface area contributed by atoms with Crippen molar-refractivity contribution in [2.75, 3.05) is 11.9 Å². The van der Waals surface area contributed by atoms with E-state index in [2.05, 4.69) is 5.32 Å². The summed E-state index contributed by atoms with van der Waals surface area (Å²) < 4.78 is 38.3. The third-order valence-corrected chi connectivity index (χ3v) is 7.67. The monoisotopic (exact) mass is 413 g/mol. The third-order valence-electron chi connectivity index (χ3n) is 5.91. The van der Waals surface area contributed by atoms with Crippen molar-refractivity contribution in [3.05, 3.63) is 53.6 Å². The number of benzene rings is 2. The highest BCUT2D eigenvalue weighted by atomic mass is 32.2. The average Bonchev–Trinajstić information content (AvgIpc) is 3.48. The van der Waals surface area contributed by atoms with Crippen LogP contribution in [0, 0.1) is 12.8 Å². The first-order chi connectivity index (χ1) is 13.9. The first-order valence-electron chi connectivity index (χ1n) is 9.98. The van der Waals surface area contributed by atoms with E-state index in [0.29, 0.717) is 23.8 Å². The Labute approximate surface area is 170 Å². The lowest BCUT2D eigenvalue weighted by Gasteiger charge is -2.37. The summed E-state index contributed by atoms with van der Waals surface area (Å²) in [5.74, 6) is -1.29. The molecule has 1 saturated carbocycles. The molecule has 2 aliphatic heterocycles. The van der Waals surface area contributed by atoms with Crippen LogP contribution in [0.3, 0.4) is 0 Å². The van der Waals surface area contributed by atoms with E-state index >= 15 is 0 Å². The fraction of sp³-hybridized carbons (Fsp3) is 0.409. The summed E-state index contributed by atoms with van der Waals surface area (Å²) >= 11 is 0. The maximum absolute atomic E-state index is 13.1. The highest BCUT2D eigenvalue weighted by molar-refractivity contribution is 7.91. The van der Waals surface area contributed by atoms with Gasteiger partial charge in [-0.2, -0.15) is 0 Å². The second-order valence-electron chi connectivity index (χ2n) is 8.15. The van der Waals surface area contributed by atoms with Crippen molar-refractivity contribution in [1.29, 1.82) is 0 Å². The zero-order chi connectivity index (χ0) is 20.2. The molecule has 1 amide bonds. The maximum Gasteiger partial charge on any atom is 0.289 e. The Morgan fingerprint density at radius 3 is 2.52 bits per heavy atom. The first kappa shape index (κ1) is 18.8. The Balaban J connectivity index is 1.53. The number of amides is 1. The van der Waals surface area contributed by atoms with E-state index in [1.807, 2.05) is 6.92 Å². The molecule has 2 heterocycles. The van der Waals surface area contributed by atoms with Crippen LogP contribution in [0.25, 0.3) is 0 Å². The standard InChI is InChI=1S/C22H23NO5S/c1-14-2-6-17(7-3-14)29(25,26)18-8-9-20-19(13-18)22(21(24)23-20)27-11-10-16(28-22)12-15-4-5-15/h2-3,6-9,13,15-16H,4-5,10-12H2,1H3,(H,23,24)/t16?,22-/m1/s1. The minimum absolute atomic E-state index is 0.0645. The van der Waals surface area contributed by atoms with Crippen molar-refractivity contribution in [2.24, 2.45) is 5.92 Å². The van der Waals surface area contributed by atoms with E-state index in [9.17, 15) is 13.2 Å². The molecule has 2 aromatic carbocycles. The van der Waals surface area contributed by atoms with Crippen LogP contribution in [0.15, 0.2) is 52.3 Å². The normalized spacial score (nSPS) is 26.4. The summed E-state index contributed by atoms with van der Waals surface area (Å²) in [5, 5.41) is 2.79.